The number of hydrogen-bond acceptors (Lipinski definition) is 5. The van der Waals surface area contributed by atoms with Crippen molar-refractivity contribution in [1.29, 1.82) is 0 Å². The monoisotopic (exact) mass is 377 g/mol. The Bertz CT molecular complexity index is 852. The van der Waals surface area contributed by atoms with Crippen molar-refractivity contribution in [3.63, 3.8) is 0 Å². The van der Waals surface area contributed by atoms with Gasteiger partial charge < -0.3 is 19.3 Å². The van der Waals surface area contributed by atoms with Gasteiger partial charge in [0.15, 0.2) is 23.0 Å². The highest BCUT2D eigenvalue weighted by molar-refractivity contribution is 5.88. The summed E-state index contributed by atoms with van der Waals surface area (Å²) < 4.78 is 16.6. The van der Waals surface area contributed by atoms with E-state index >= 15 is 0 Å². The number of halogens is 1. The van der Waals surface area contributed by atoms with Gasteiger partial charge in [0.05, 0.1) is 21.3 Å². The van der Waals surface area contributed by atoms with Crippen LogP contribution in [0.2, 0.25) is 0 Å². The summed E-state index contributed by atoms with van der Waals surface area (Å²) in [5.74, 6) is 2.01. The Labute approximate surface area is 159 Å². The molecule has 6 heteroatoms. The molecule has 4 rings (SSSR count). The van der Waals surface area contributed by atoms with Gasteiger partial charge in [0.25, 0.3) is 0 Å². The third-order valence-electron chi connectivity index (χ3n) is 5.51. The van der Waals surface area contributed by atoms with E-state index in [0.717, 1.165) is 36.1 Å². The number of benzene rings is 2. The zero-order chi connectivity index (χ0) is 17.7. The minimum absolute atomic E-state index is 0. The average Bonchev–Trinajstić information content (AvgIpc) is 2.64. The molecule has 0 fully saturated rings. The topological polar surface area (TPSA) is 51.2 Å². The zero-order valence-electron chi connectivity index (χ0n) is 15.5. The van der Waals surface area contributed by atoms with E-state index in [1.165, 1.54) is 11.1 Å². The molecular weight excluding hydrogens is 354 g/mol. The maximum Gasteiger partial charge on any atom is 0.168 e. The van der Waals surface area contributed by atoms with Crippen LogP contribution in [0, 0.1) is 0 Å². The second kappa shape index (κ2) is 6.89. The molecule has 1 aliphatic carbocycles. The van der Waals surface area contributed by atoms with Gasteiger partial charge in [-0.15, -0.1) is 12.4 Å². The lowest BCUT2D eigenvalue weighted by atomic mass is 9.76. The Morgan fingerprint density at radius 3 is 2.38 bits per heavy atom. The second-order valence-corrected chi connectivity index (χ2v) is 6.66. The highest BCUT2D eigenvalue weighted by atomic mass is 35.5. The molecule has 0 amide bonds. The van der Waals surface area contributed by atoms with Crippen molar-refractivity contribution in [3.8, 4) is 34.1 Å². The first-order valence-corrected chi connectivity index (χ1v) is 8.47. The summed E-state index contributed by atoms with van der Waals surface area (Å²) in [6, 6.07) is 6.23. The highest BCUT2D eigenvalue weighted by Crippen LogP contribution is 2.55. The lowest BCUT2D eigenvalue weighted by Crippen LogP contribution is -2.35. The summed E-state index contributed by atoms with van der Waals surface area (Å²) in [4.78, 5) is 2.36. The lowest BCUT2D eigenvalue weighted by Gasteiger charge is -2.40. The molecular formula is C20H24ClNO4. The van der Waals surface area contributed by atoms with Crippen LogP contribution >= 0.6 is 12.4 Å². The Kier molecular flexibility index (Phi) is 4.95. The van der Waals surface area contributed by atoms with Gasteiger partial charge in [-0.1, -0.05) is 6.07 Å². The number of rotatable bonds is 3. The summed E-state index contributed by atoms with van der Waals surface area (Å²) >= 11 is 0. The van der Waals surface area contributed by atoms with Crippen molar-refractivity contribution in [2.24, 2.45) is 0 Å². The number of nitrogens with zero attached hydrogens (tertiary/aromatic N) is 1. The van der Waals surface area contributed by atoms with Crippen molar-refractivity contribution >= 4 is 12.4 Å². The van der Waals surface area contributed by atoms with E-state index in [2.05, 4.69) is 18.0 Å². The van der Waals surface area contributed by atoms with Crippen molar-refractivity contribution in [1.82, 2.24) is 4.90 Å². The molecule has 0 saturated carbocycles. The van der Waals surface area contributed by atoms with Gasteiger partial charge in [0, 0.05) is 23.7 Å². The zero-order valence-corrected chi connectivity index (χ0v) is 16.3. The first kappa shape index (κ1) is 18.7. The number of hydrogen-bond donors (Lipinski definition) is 1. The first-order valence-electron chi connectivity index (χ1n) is 8.47. The summed E-state index contributed by atoms with van der Waals surface area (Å²) in [7, 11) is 7.00. The van der Waals surface area contributed by atoms with Gasteiger partial charge >= 0.3 is 0 Å². The predicted octanol–water partition coefficient (Wildman–Crippen LogP) is 3.59. The van der Waals surface area contributed by atoms with Gasteiger partial charge in [-0.2, -0.15) is 0 Å². The number of methoxy groups -OCH3 is 3. The Morgan fingerprint density at radius 2 is 1.73 bits per heavy atom. The molecule has 0 aromatic heterocycles. The Balaban J connectivity index is 0.00000196. The van der Waals surface area contributed by atoms with Crippen LogP contribution < -0.4 is 14.2 Å². The number of fused-ring (bicyclic) bond motifs is 2. The summed E-state index contributed by atoms with van der Waals surface area (Å²) in [5.41, 5.74) is 5.32. The quantitative estimate of drug-likeness (QED) is 0.885. The molecule has 2 aromatic carbocycles. The molecule has 2 aromatic rings. The minimum atomic E-state index is 0. The molecule has 0 spiro atoms. The van der Waals surface area contributed by atoms with E-state index < -0.39 is 0 Å². The van der Waals surface area contributed by atoms with E-state index in [1.807, 2.05) is 12.1 Å². The number of phenols is 1. The highest BCUT2D eigenvalue weighted by Gasteiger charge is 2.37. The number of phenolic OH excluding ortho intramolecular Hbond substituents is 1. The molecule has 1 atom stereocenters. The van der Waals surface area contributed by atoms with Crippen molar-refractivity contribution < 1.29 is 19.3 Å². The Morgan fingerprint density at radius 1 is 1.00 bits per heavy atom. The number of aromatic hydroxyl groups is 1. The van der Waals surface area contributed by atoms with Crippen LogP contribution in [0.4, 0.5) is 0 Å². The van der Waals surface area contributed by atoms with Gasteiger partial charge in [-0.3, -0.25) is 4.90 Å². The minimum Gasteiger partial charge on any atom is -0.504 e. The fourth-order valence-corrected chi connectivity index (χ4v) is 4.26. The molecule has 1 aliphatic heterocycles. The van der Waals surface area contributed by atoms with Crippen LogP contribution in [0.5, 0.6) is 23.0 Å². The van der Waals surface area contributed by atoms with Crippen molar-refractivity contribution in [3.05, 3.63) is 34.9 Å². The molecule has 140 valence electrons. The number of ether oxygens (including phenoxy) is 3. The van der Waals surface area contributed by atoms with Gasteiger partial charge in [-0.05, 0) is 48.7 Å². The molecule has 2 aliphatic rings. The normalized spacial score (nSPS) is 17.6. The van der Waals surface area contributed by atoms with Crippen LogP contribution in [0.25, 0.3) is 11.1 Å². The van der Waals surface area contributed by atoms with E-state index in [0.29, 0.717) is 17.2 Å². The van der Waals surface area contributed by atoms with E-state index in [4.69, 9.17) is 14.2 Å². The molecule has 1 heterocycles. The van der Waals surface area contributed by atoms with Crippen molar-refractivity contribution in [2.75, 3.05) is 34.9 Å². The van der Waals surface area contributed by atoms with Gasteiger partial charge in [0.2, 0.25) is 0 Å². The molecule has 0 saturated heterocycles. The molecule has 1 unspecified atom stereocenters. The van der Waals surface area contributed by atoms with Crippen LogP contribution in [0.15, 0.2) is 18.2 Å². The Hall–Kier alpha value is -2.11. The van der Waals surface area contributed by atoms with Crippen LogP contribution in [0.1, 0.15) is 22.7 Å². The van der Waals surface area contributed by atoms with Crippen LogP contribution in [0.3, 0.4) is 0 Å². The van der Waals surface area contributed by atoms with Crippen molar-refractivity contribution in [2.45, 2.75) is 18.9 Å². The smallest absolute Gasteiger partial charge is 0.168 e. The summed E-state index contributed by atoms with van der Waals surface area (Å²) in [6.45, 7) is 0.994. The van der Waals surface area contributed by atoms with E-state index in [9.17, 15) is 5.11 Å². The average molecular weight is 378 g/mol. The van der Waals surface area contributed by atoms with Crippen LogP contribution in [-0.4, -0.2) is 44.9 Å². The maximum absolute atomic E-state index is 11.0. The fraction of sp³-hybridized carbons (Fsp3) is 0.400. The standard InChI is InChI=1S/C20H23NO4.ClH/c1-21-8-7-12-10-15(24-3)19(22)18-16(12)13(21)9-11-5-6-14(23-2)20(25-4)17(11)18;/h5-6,10,13,22H,7-9H2,1-4H3;1H. The molecule has 26 heavy (non-hydrogen) atoms. The maximum atomic E-state index is 11.0. The first-order chi connectivity index (χ1) is 12.1. The molecule has 5 nitrogen and oxygen atoms in total. The van der Waals surface area contributed by atoms with E-state index in [-0.39, 0.29) is 24.2 Å². The van der Waals surface area contributed by atoms with E-state index in [1.54, 1.807) is 21.3 Å². The third kappa shape index (κ3) is 2.49. The lowest BCUT2D eigenvalue weighted by molar-refractivity contribution is 0.226. The summed E-state index contributed by atoms with van der Waals surface area (Å²) in [6.07, 6.45) is 1.82. The molecule has 0 radical (unpaired) electrons. The predicted molar refractivity (Wildman–Crippen MR) is 103 cm³/mol. The second-order valence-electron chi connectivity index (χ2n) is 6.66. The summed E-state index contributed by atoms with van der Waals surface area (Å²) in [5, 5.41) is 11.0. The third-order valence-corrected chi connectivity index (χ3v) is 5.51. The SMILES string of the molecule is COc1cc2c3c(c1O)-c1c(ccc(OC)c1OC)CC3N(C)CC2.Cl. The van der Waals surface area contributed by atoms with Gasteiger partial charge in [0.1, 0.15) is 0 Å². The van der Waals surface area contributed by atoms with Crippen LogP contribution in [-0.2, 0) is 12.8 Å². The number of likely N-dealkylation sites (N-methyl/N-ethyl adjacent to an activating group) is 1. The largest absolute Gasteiger partial charge is 0.504 e. The fourth-order valence-electron chi connectivity index (χ4n) is 4.26. The van der Waals surface area contributed by atoms with Gasteiger partial charge in [-0.25, -0.2) is 0 Å². The molecule has 0 bridgehead atoms. The molecule has 1 N–H and O–H groups in total.